The van der Waals surface area contributed by atoms with Crippen LogP contribution in [0.4, 0.5) is 0 Å². The lowest BCUT2D eigenvalue weighted by Gasteiger charge is -2.02. The molecule has 15 heavy (non-hydrogen) atoms. The van der Waals surface area contributed by atoms with Gasteiger partial charge in [-0.2, -0.15) is 0 Å². The largest absolute Gasteiger partial charge is 0.467 e. The van der Waals surface area contributed by atoms with Gasteiger partial charge in [-0.05, 0) is 30.5 Å². The van der Waals surface area contributed by atoms with Gasteiger partial charge < -0.3 is 9.47 Å². The molecule has 0 radical (unpaired) electrons. The fourth-order valence-electron chi connectivity index (χ4n) is 1.14. The maximum absolute atomic E-state index is 10.7. The van der Waals surface area contributed by atoms with Crippen molar-refractivity contribution in [3.63, 3.8) is 0 Å². The zero-order chi connectivity index (χ0) is 10.9. The van der Waals surface area contributed by atoms with Crippen LogP contribution in [-0.4, -0.2) is 31.3 Å². The van der Waals surface area contributed by atoms with Crippen molar-refractivity contribution in [3.05, 3.63) is 30.1 Å². The quantitative estimate of drug-likeness (QED) is 0.522. The van der Waals surface area contributed by atoms with E-state index in [0.29, 0.717) is 6.61 Å². The molecule has 0 saturated heterocycles. The van der Waals surface area contributed by atoms with Gasteiger partial charge in [0.2, 0.25) is 0 Å². The molecule has 1 aromatic rings. The van der Waals surface area contributed by atoms with Crippen LogP contribution < -0.4 is 0 Å². The summed E-state index contributed by atoms with van der Waals surface area (Å²) in [6, 6.07) is 3.95. The molecule has 0 saturated carbocycles. The summed E-state index contributed by atoms with van der Waals surface area (Å²) in [6.45, 7) is 0.601. The third-order valence-electron chi connectivity index (χ3n) is 1.95. The van der Waals surface area contributed by atoms with Crippen LogP contribution in [0.15, 0.2) is 24.5 Å². The number of hydrogen-bond donors (Lipinski definition) is 0. The number of aryl methyl sites for hydroxylation is 1. The maximum Gasteiger partial charge on any atom is 0.331 e. The zero-order valence-corrected chi connectivity index (χ0v) is 8.81. The fourth-order valence-corrected chi connectivity index (χ4v) is 1.14. The Kier molecular flexibility index (Phi) is 5.40. The number of carbonyl (C=O) groups excluding carboxylic acids is 1. The Morgan fingerprint density at radius 3 is 2.80 bits per heavy atom. The van der Waals surface area contributed by atoms with Crippen LogP contribution in [0.5, 0.6) is 0 Å². The molecule has 0 unspecified atom stereocenters. The predicted molar refractivity (Wildman–Crippen MR) is 55.4 cm³/mol. The highest BCUT2D eigenvalue weighted by Gasteiger charge is 1.99. The Morgan fingerprint density at radius 2 is 2.13 bits per heavy atom. The molecule has 1 heterocycles. The molecule has 4 heteroatoms. The third kappa shape index (κ3) is 5.12. The first-order chi connectivity index (χ1) is 7.33. The summed E-state index contributed by atoms with van der Waals surface area (Å²) >= 11 is 0. The van der Waals surface area contributed by atoms with E-state index in [1.54, 1.807) is 12.4 Å². The van der Waals surface area contributed by atoms with E-state index in [2.05, 4.69) is 9.72 Å². The second-order valence-electron chi connectivity index (χ2n) is 3.09. The van der Waals surface area contributed by atoms with Crippen molar-refractivity contribution in [1.82, 2.24) is 4.98 Å². The number of pyridine rings is 1. The summed E-state index contributed by atoms with van der Waals surface area (Å²) in [5.74, 6) is -0.334. The van der Waals surface area contributed by atoms with Crippen molar-refractivity contribution >= 4 is 5.97 Å². The Labute approximate surface area is 89.2 Å². The van der Waals surface area contributed by atoms with E-state index in [4.69, 9.17) is 4.74 Å². The van der Waals surface area contributed by atoms with Crippen molar-refractivity contribution in [2.75, 3.05) is 20.3 Å². The van der Waals surface area contributed by atoms with E-state index in [1.807, 2.05) is 12.1 Å². The standard InChI is InChI=1S/C11H15NO3/c1-14-11(13)9-15-8-2-3-10-4-6-12-7-5-10/h4-7H,2-3,8-9H2,1H3. The lowest BCUT2D eigenvalue weighted by molar-refractivity contribution is -0.145. The SMILES string of the molecule is COC(=O)COCCCc1ccncc1. The number of nitrogens with zero attached hydrogens (tertiary/aromatic N) is 1. The lowest BCUT2D eigenvalue weighted by Crippen LogP contribution is -2.11. The molecule has 0 bridgehead atoms. The molecule has 0 aliphatic carbocycles. The topological polar surface area (TPSA) is 48.4 Å². The van der Waals surface area contributed by atoms with Crippen molar-refractivity contribution in [1.29, 1.82) is 0 Å². The van der Waals surface area contributed by atoms with Crippen molar-refractivity contribution < 1.29 is 14.3 Å². The summed E-state index contributed by atoms with van der Waals surface area (Å²) in [5.41, 5.74) is 1.23. The molecule has 1 aromatic heterocycles. The van der Waals surface area contributed by atoms with Gasteiger partial charge >= 0.3 is 5.97 Å². The first kappa shape index (κ1) is 11.7. The molecule has 0 aromatic carbocycles. The average molecular weight is 209 g/mol. The minimum Gasteiger partial charge on any atom is -0.467 e. The molecule has 0 fully saturated rings. The minimum absolute atomic E-state index is 0.0346. The number of hydrogen-bond acceptors (Lipinski definition) is 4. The molecule has 4 nitrogen and oxygen atoms in total. The molecule has 0 aliphatic heterocycles. The maximum atomic E-state index is 10.7. The molecule has 0 N–H and O–H groups in total. The van der Waals surface area contributed by atoms with E-state index in [-0.39, 0.29) is 12.6 Å². The highest BCUT2D eigenvalue weighted by atomic mass is 16.6. The number of ether oxygens (including phenoxy) is 2. The molecular weight excluding hydrogens is 194 g/mol. The summed E-state index contributed by atoms with van der Waals surface area (Å²) < 4.78 is 9.56. The molecular formula is C11H15NO3. The average Bonchev–Trinajstić information content (AvgIpc) is 2.29. The lowest BCUT2D eigenvalue weighted by atomic mass is 10.1. The second kappa shape index (κ2) is 6.95. The van der Waals surface area contributed by atoms with Crippen molar-refractivity contribution in [2.24, 2.45) is 0 Å². The highest BCUT2D eigenvalue weighted by Crippen LogP contribution is 2.00. The molecule has 0 amide bonds. The van der Waals surface area contributed by atoms with Crippen LogP contribution in [0.1, 0.15) is 12.0 Å². The van der Waals surface area contributed by atoms with Gasteiger partial charge in [0.05, 0.1) is 7.11 Å². The molecule has 1 rings (SSSR count). The smallest absolute Gasteiger partial charge is 0.331 e. The van der Waals surface area contributed by atoms with Gasteiger partial charge in [-0.3, -0.25) is 4.98 Å². The van der Waals surface area contributed by atoms with E-state index in [9.17, 15) is 4.79 Å². The number of aromatic nitrogens is 1. The van der Waals surface area contributed by atoms with Gasteiger partial charge in [-0.15, -0.1) is 0 Å². The van der Waals surface area contributed by atoms with Crippen LogP contribution in [0.3, 0.4) is 0 Å². The zero-order valence-electron chi connectivity index (χ0n) is 8.81. The predicted octanol–water partition coefficient (Wildman–Crippen LogP) is 1.20. The second-order valence-corrected chi connectivity index (χ2v) is 3.09. The first-order valence-electron chi connectivity index (χ1n) is 4.86. The van der Waals surface area contributed by atoms with E-state index in [0.717, 1.165) is 12.8 Å². The normalized spacial score (nSPS) is 9.93. The Hall–Kier alpha value is -1.42. The van der Waals surface area contributed by atoms with Crippen LogP contribution in [0.2, 0.25) is 0 Å². The first-order valence-corrected chi connectivity index (χ1v) is 4.86. The highest BCUT2D eigenvalue weighted by molar-refractivity contribution is 5.70. The van der Waals surface area contributed by atoms with Crippen LogP contribution in [0, 0.1) is 0 Å². The minimum atomic E-state index is -0.334. The monoisotopic (exact) mass is 209 g/mol. The van der Waals surface area contributed by atoms with Crippen molar-refractivity contribution in [3.8, 4) is 0 Å². The van der Waals surface area contributed by atoms with E-state index in [1.165, 1.54) is 12.7 Å². The number of carbonyl (C=O) groups is 1. The molecule has 82 valence electrons. The van der Waals surface area contributed by atoms with Gasteiger partial charge in [0.1, 0.15) is 6.61 Å². The Morgan fingerprint density at radius 1 is 1.40 bits per heavy atom. The van der Waals surface area contributed by atoms with Gasteiger partial charge in [0.25, 0.3) is 0 Å². The molecule has 0 aliphatic rings. The van der Waals surface area contributed by atoms with Gasteiger partial charge in [-0.25, -0.2) is 4.79 Å². The number of esters is 1. The van der Waals surface area contributed by atoms with Crippen LogP contribution in [-0.2, 0) is 20.7 Å². The van der Waals surface area contributed by atoms with Gasteiger partial charge in [0.15, 0.2) is 0 Å². The summed E-state index contributed by atoms with van der Waals surface area (Å²) in [6.07, 6.45) is 5.36. The van der Waals surface area contributed by atoms with E-state index < -0.39 is 0 Å². The number of methoxy groups -OCH3 is 1. The molecule has 0 spiro atoms. The number of rotatable bonds is 6. The van der Waals surface area contributed by atoms with E-state index >= 15 is 0 Å². The van der Waals surface area contributed by atoms with Crippen LogP contribution >= 0.6 is 0 Å². The van der Waals surface area contributed by atoms with Gasteiger partial charge in [-0.1, -0.05) is 0 Å². The fraction of sp³-hybridized carbons (Fsp3) is 0.455. The van der Waals surface area contributed by atoms with Crippen LogP contribution in [0.25, 0.3) is 0 Å². The Bertz CT molecular complexity index is 287. The molecule has 0 atom stereocenters. The Balaban J connectivity index is 2.05. The van der Waals surface area contributed by atoms with Crippen molar-refractivity contribution in [2.45, 2.75) is 12.8 Å². The summed E-state index contributed by atoms with van der Waals surface area (Å²) in [7, 11) is 1.35. The summed E-state index contributed by atoms with van der Waals surface area (Å²) in [5, 5.41) is 0. The third-order valence-corrected chi connectivity index (χ3v) is 1.95. The van der Waals surface area contributed by atoms with Gasteiger partial charge in [0, 0.05) is 19.0 Å². The summed E-state index contributed by atoms with van der Waals surface area (Å²) in [4.78, 5) is 14.6.